The van der Waals surface area contributed by atoms with Gasteiger partial charge in [-0.1, -0.05) is 70.4 Å². The van der Waals surface area contributed by atoms with Crippen LogP contribution in [-0.2, 0) is 5.54 Å². The van der Waals surface area contributed by atoms with E-state index in [9.17, 15) is 8.78 Å². The molecule has 1 unspecified atom stereocenters. The molecule has 0 aliphatic rings. The maximum absolute atomic E-state index is 13.1. The molecule has 23 heavy (non-hydrogen) atoms. The Morgan fingerprint density at radius 1 is 1.09 bits per heavy atom. The van der Waals surface area contributed by atoms with Gasteiger partial charge in [-0.3, -0.25) is 4.68 Å². The van der Waals surface area contributed by atoms with Gasteiger partial charge in [0.15, 0.2) is 0 Å². The molecule has 0 aliphatic heterocycles. The molecule has 2 nitrogen and oxygen atoms in total. The van der Waals surface area contributed by atoms with Gasteiger partial charge in [-0.2, -0.15) is 5.10 Å². The van der Waals surface area contributed by atoms with Gasteiger partial charge >= 0.3 is 0 Å². The molecule has 0 saturated carbocycles. The summed E-state index contributed by atoms with van der Waals surface area (Å²) in [5.41, 5.74) is -0.607. The van der Waals surface area contributed by atoms with E-state index >= 15 is 0 Å². The summed E-state index contributed by atoms with van der Waals surface area (Å²) in [6, 6.07) is 0. The molecule has 0 bridgehead atoms. The number of hydrogen-bond donors (Lipinski definition) is 0. The van der Waals surface area contributed by atoms with Crippen LogP contribution in [0.2, 0.25) is 5.02 Å². The highest BCUT2D eigenvalue weighted by Crippen LogP contribution is 2.39. The van der Waals surface area contributed by atoms with Crippen LogP contribution in [0.15, 0.2) is 4.60 Å². The predicted octanol–water partition coefficient (Wildman–Crippen LogP) is 7.50. The first-order valence-electron chi connectivity index (χ1n) is 8.60. The van der Waals surface area contributed by atoms with Crippen LogP contribution in [-0.4, -0.2) is 9.78 Å². The molecule has 1 heterocycles. The highest BCUT2D eigenvalue weighted by Gasteiger charge is 2.32. The second kappa shape index (κ2) is 9.97. The third kappa shape index (κ3) is 5.70. The fourth-order valence-electron chi connectivity index (χ4n) is 2.90. The molecule has 1 atom stereocenters. The lowest BCUT2D eigenvalue weighted by Gasteiger charge is -2.31. The molecule has 6 heteroatoms. The summed E-state index contributed by atoms with van der Waals surface area (Å²) in [5, 5.41) is 4.17. The fraction of sp³-hybridized carbons (Fsp3) is 0.824. The molecule has 134 valence electrons. The van der Waals surface area contributed by atoms with Crippen LogP contribution < -0.4 is 0 Å². The van der Waals surface area contributed by atoms with Crippen LogP contribution in [0.25, 0.3) is 0 Å². The van der Waals surface area contributed by atoms with Crippen molar-refractivity contribution in [2.45, 2.75) is 90.5 Å². The third-order valence-electron chi connectivity index (χ3n) is 4.41. The van der Waals surface area contributed by atoms with E-state index < -0.39 is 6.43 Å². The second-order valence-corrected chi connectivity index (χ2v) is 7.60. The number of aromatic nitrogens is 2. The van der Waals surface area contributed by atoms with E-state index in [1.54, 1.807) is 4.68 Å². The largest absolute Gasteiger partial charge is 0.283 e. The maximum atomic E-state index is 13.1. The molecule has 1 aromatic heterocycles. The Balaban J connectivity index is 2.93. The standard InChI is InChI=1S/C17H28BrClF2N2/c1-4-6-8-9-10-12-17(3,11-7-5-2)23-15(18)13(19)14(22-23)16(20)21/h16H,4-12H2,1-3H3. The minimum absolute atomic E-state index is 0.0358. The highest BCUT2D eigenvalue weighted by atomic mass is 79.9. The Kier molecular flexibility index (Phi) is 9.06. The van der Waals surface area contributed by atoms with Crippen molar-refractivity contribution in [3.05, 3.63) is 15.3 Å². The first-order chi connectivity index (χ1) is 10.9. The fourth-order valence-corrected chi connectivity index (χ4v) is 3.81. The summed E-state index contributed by atoms with van der Waals surface area (Å²) in [4.78, 5) is 0. The van der Waals surface area contributed by atoms with Gasteiger partial charge in [0.05, 0.1) is 5.54 Å². The zero-order valence-electron chi connectivity index (χ0n) is 14.3. The van der Waals surface area contributed by atoms with Gasteiger partial charge in [0.1, 0.15) is 15.3 Å². The molecule has 1 rings (SSSR count). The molecule has 1 aromatic rings. The van der Waals surface area contributed by atoms with Crippen LogP contribution in [0.5, 0.6) is 0 Å². The average molecular weight is 414 g/mol. The Morgan fingerprint density at radius 2 is 1.65 bits per heavy atom. The summed E-state index contributed by atoms with van der Waals surface area (Å²) in [6.45, 7) is 6.43. The van der Waals surface area contributed by atoms with Gasteiger partial charge in [-0.05, 0) is 35.7 Å². The molecule has 0 spiro atoms. The SMILES string of the molecule is CCCCCCCC(C)(CCCC)n1nc(C(F)F)c(Cl)c1Br. The molecular weight excluding hydrogens is 386 g/mol. The number of rotatable bonds is 11. The highest BCUT2D eigenvalue weighted by molar-refractivity contribution is 9.10. The van der Waals surface area contributed by atoms with E-state index in [1.807, 2.05) is 0 Å². The minimum Gasteiger partial charge on any atom is -0.251 e. The van der Waals surface area contributed by atoms with Crippen molar-refractivity contribution < 1.29 is 8.78 Å². The smallest absolute Gasteiger partial charge is 0.251 e. The molecule has 0 saturated heterocycles. The summed E-state index contributed by atoms with van der Waals surface area (Å²) in [7, 11) is 0. The number of hydrogen-bond acceptors (Lipinski definition) is 1. The minimum atomic E-state index is -2.65. The van der Waals surface area contributed by atoms with Gasteiger partial charge in [0.2, 0.25) is 0 Å². The lowest BCUT2D eigenvalue weighted by Crippen LogP contribution is -2.31. The molecule has 0 amide bonds. The van der Waals surface area contributed by atoms with Gasteiger partial charge in [-0.25, -0.2) is 8.78 Å². The van der Waals surface area contributed by atoms with Crippen LogP contribution >= 0.6 is 27.5 Å². The third-order valence-corrected chi connectivity index (χ3v) is 5.74. The van der Waals surface area contributed by atoms with Crippen molar-refractivity contribution in [2.75, 3.05) is 0 Å². The number of halogens is 4. The van der Waals surface area contributed by atoms with E-state index in [0.717, 1.165) is 32.1 Å². The number of alkyl halides is 2. The van der Waals surface area contributed by atoms with Gasteiger partial charge in [0.25, 0.3) is 6.43 Å². The molecule has 0 N–H and O–H groups in total. The molecule has 0 aromatic carbocycles. The molecule has 0 fully saturated rings. The van der Waals surface area contributed by atoms with E-state index in [-0.39, 0.29) is 16.3 Å². The van der Waals surface area contributed by atoms with Gasteiger partial charge in [-0.15, -0.1) is 0 Å². The van der Waals surface area contributed by atoms with Crippen LogP contribution in [0, 0.1) is 0 Å². The normalized spacial score (nSPS) is 14.4. The van der Waals surface area contributed by atoms with E-state index in [1.165, 1.54) is 25.7 Å². The summed E-state index contributed by atoms with van der Waals surface area (Å²) >= 11 is 9.41. The Labute approximate surface area is 152 Å². The van der Waals surface area contributed by atoms with Crippen molar-refractivity contribution in [3.8, 4) is 0 Å². The zero-order chi connectivity index (χ0) is 17.5. The lowest BCUT2D eigenvalue weighted by molar-refractivity contribution is 0.141. The van der Waals surface area contributed by atoms with E-state index in [2.05, 4.69) is 41.8 Å². The Hall–Kier alpha value is -0.160. The van der Waals surface area contributed by atoms with Crippen LogP contribution in [0.1, 0.15) is 90.7 Å². The number of unbranched alkanes of at least 4 members (excludes halogenated alkanes) is 5. The topological polar surface area (TPSA) is 17.8 Å². The van der Waals surface area contributed by atoms with E-state index in [0.29, 0.717) is 4.60 Å². The van der Waals surface area contributed by atoms with E-state index in [4.69, 9.17) is 11.6 Å². The second-order valence-electron chi connectivity index (χ2n) is 6.47. The maximum Gasteiger partial charge on any atom is 0.283 e. The van der Waals surface area contributed by atoms with Crippen LogP contribution in [0.3, 0.4) is 0 Å². The van der Waals surface area contributed by atoms with Gasteiger partial charge < -0.3 is 0 Å². The molecule has 0 aliphatic carbocycles. The van der Waals surface area contributed by atoms with Crippen LogP contribution in [0.4, 0.5) is 8.78 Å². The first-order valence-corrected chi connectivity index (χ1v) is 9.77. The Bertz CT molecular complexity index is 479. The average Bonchev–Trinajstić information content (AvgIpc) is 2.82. The summed E-state index contributed by atoms with van der Waals surface area (Å²) < 4.78 is 28.3. The monoisotopic (exact) mass is 412 g/mol. The summed E-state index contributed by atoms with van der Waals surface area (Å²) in [6.07, 6.45) is 7.23. The number of nitrogens with zero attached hydrogens (tertiary/aromatic N) is 2. The molecule has 0 radical (unpaired) electrons. The summed E-state index contributed by atoms with van der Waals surface area (Å²) in [5.74, 6) is 0. The van der Waals surface area contributed by atoms with Crippen molar-refractivity contribution in [3.63, 3.8) is 0 Å². The van der Waals surface area contributed by atoms with Crippen molar-refractivity contribution >= 4 is 27.5 Å². The lowest BCUT2D eigenvalue weighted by atomic mass is 9.88. The molecular formula is C17H28BrClF2N2. The van der Waals surface area contributed by atoms with Crippen molar-refractivity contribution in [1.29, 1.82) is 0 Å². The predicted molar refractivity (Wildman–Crippen MR) is 96.4 cm³/mol. The van der Waals surface area contributed by atoms with Crippen molar-refractivity contribution in [1.82, 2.24) is 9.78 Å². The zero-order valence-corrected chi connectivity index (χ0v) is 16.7. The first kappa shape index (κ1) is 20.9. The van der Waals surface area contributed by atoms with Crippen molar-refractivity contribution in [2.24, 2.45) is 0 Å². The quantitative estimate of drug-likeness (QED) is 0.343. The Morgan fingerprint density at radius 3 is 2.17 bits per heavy atom. The van der Waals surface area contributed by atoms with Gasteiger partial charge in [0, 0.05) is 0 Å².